The van der Waals surface area contributed by atoms with Crippen LogP contribution in [0.3, 0.4) is 0 Å². The van der Waals surface area contributed by atoms with Crippen molar-refractivity contribution in [2.75, 3.05) is 31.1 Å². The molecule has 0 saturated carbocycles. The Labute approximate surface area is 111 Å². The summed E-state index contributed by atoms with van der Waals surface area (Å²) in [6, 6.07) is 4.16. The molecule has 2 heterocycles. The van der Waals surface area contributed by atoms with Crippen LogP contribution >= 0.6 is 0 Å². The van der Waals surface area contributed by atoms with E-state index in [1.54, 1.807) is 0 Å². The number of aromatic nitrogens is 1. The van der Waals surface area contributed by atoms with E-state index in [2.05, 4.69) is 35.1 Å². The number of aromatic amines is 1. The van der Waals surface area contributed by atoms with Crippen LogP contribution in [-0.2, 0) is 0 Å². The van der Waals surface area contributed by atoms with Gasteiger partial charge in [0.1, 0.15) is 0 Å². The van der Waals surface area contributed by atoms with Crippen LogP contribution in [0.25, 0.3) is 11.1 Å². The molecule has 5 heteroatoms. The molecule has 1 aromatic carbocycles. The number of piperazine rings is 1. The number of rotatable bonds is 2. The minimum Gasteiger partial charge on any atom is -0.408 e. The molecule has 0 atom stereocenters. The molecule has 3 rings (SSSR count). The maximum Gasteiger partial charge on any atom is 0.417 e. The van der Waals surface area contributed by atoms with Crippen molar-refractivity contribution in [3.05, 3.63) is 28.2 Å². The number of benzene rings is 1. The maximum atomic E-state index is 11.4. The highest BCUT2D eigenvalue weighted by atomic mass is 16.4. The first-order valence-electron chi connectivity index (χ1n) is 6.77. The summed E-state index contributed by atoms with van der Waals surface area (Å²) in [6.07, 6.45) is 0. The molecular formula is C14H19N3O2. The van der Waals surface area contributed by atoms with Gasteiger partial charge in [-0.15, -0.1) is 0 Å². The number of nitrogens with one attached hydrogen (secondary N) is 2. The predicted octanol–water partition coefficient (Wildman–Crippen LogP) is 1.65. The molecular weight excluding hydrogens is 242 g/mol. The molecule has 2 aromatic rings. The molecule has 102 valence electrons. The summed E-state index contributed by atoms with van der Waals surface area (Å²) >= 11 is 0. The van der Waals surface area contributed by atoms with Crippen molar-refractivity contribution in [2.24, 2.45) is 0 Å². The van der Waals surface area contributed by atoms with E-state index in [-0.39, 0.29) is 5.76 Å². The van der Waals surface area contributed by atoms with Crippen LogP contribution in [-0.4, -0.2) is 31.2 Å². The second kappa shape index (κ2) is 4.74. The molecule has 19 heavy (non-hydrogen) atoms. The van der Waals surface area contributed by atoms with Crippen LogP contribution in [0.2, 0.25) is 0 Å². The fraction of sp³-hybridized carbons (Fsp3) is 0.500. The van der Waals surface area contributed by atoms with Gasteiger partial charge in [-0.2, -0.15) is 0 Å². The largest absolute Gasteiger partial charge is 0.417 e. The molecule has 0 aliphatic carbocycles. The minimum atomic E-state index is -0.380. The van der Waals surface area contributed by atoms with Crippen LogP contribution < -0.4 is 16.0 Å². The average molecular weight is 261 g/mol. The van der Waals surface area contributed by atoms with Crippen LogP contribution in [0.15, 0.2) is 21.3 Å². The number of anilines is 1. The number of nitrogens with zero attached hydrogens (tertiary/aromatic N) is 1. The minimum absolute atomic E-state index is 0.323. The molecule has 1 aliphatic rings. The molecule has 1 aliphatic heterocycles. The zero-order valence-electron chi connectivity index (χ0n) is 11.3. The third kappa shape index (κ3) is 2.26. The highest BCUT2D eigenvalue weighted by molar-refractivity contribution is 5.81. The molecule has 0 unspecified atom stereocenters. The van der Waals surface area contributed by atoms with Gasteiger partial charge >= 0.3 is 5.76 Å². The topological polar surface area (TPSA) is 61.3 Å². The van der Waals surface area contributed by atoms with E-state index in [1.165, 1.54) is 0 Å². The first-order chi connectivity index (χ1) is 9.15. The van der Waals surface area contributed by atoms with Gasteiger partial charge in [0.25, 0.3) is 0 Å². The van der Waals surface area contributed by atoms with Gasteiger partial charge in [-0.25, -0.2) is 4.79 Å². The molecule has 2 N–H and O–H groups in total. The smallest absolute Gasteiger partial charge is 0.408 e. The Morgan fingerprint density at radius 2 is 2.00 bits per heavy atom. The Morgan fingerprint density at radius 3 is 2.68 bits per heavy atom. The lowest BCUT2D eigenvalue weighted by molar-refractivity contribution is 0.549. The van der Waals surface area contributed by atoms with E-state index in [4.69, 9.17) is 4.42 Å². The number of H-pyrrole nitrogens is 1. The van der Waals surface area contributed by atoms with Crippen molar-refractivity contribution in [2.45, 2.75) is 19.8 Å². The molecule has 0 radical (unpaired) electrons. The van der Waals surface area contributed by atoms with Gasteiger partial charge in [0.05, 0.1) is 5.52 Å². The summed E-state index contributed by atoms with van der Waals surface area (Å²) in [4.78, 5) is 16.5. The van der Waals surface area contributed by atoms with E-state index < -0.39 is 0 Å². The van der Waals surface area contributed by atoms with Gasteiger partial charge in [-0.05, 0) is 18.1 Å². The first kappa shape index (κ1) is 12.3. The second-order valence-electron chi connectivity index (χ2n) is 5.32. The number of oxazole rings is 1. The predicted molar refractivity (Wildman–Crippen MR) is 76.0 cm³/mol. The van der Waals surface area contributed by atoms with E-state index >= 15 is 0 Å². The normalized spacial score (nSPS) is 16.5. The van der Waals surface area contributed by atoms with Crippen molar-refractivity contribution in [1.82, 2.24) is 10.3 Å². The Hall–Kier alpha value is -1.75. The monoisotopic (exact) mass is 261 g/mol. The van der Waals surface area contributed by atoms with Crippen molar-refractivity contribution < 1.29 is 4.42 Å². The molecule has 1 aromatic heterocycles. The van der Waals surface area contributed by atoms with Gasteiger partial charge in [0.15, 0.2) is 5.58 Å². The summed E-state index contributed by atoms with van der Waals surface area (Å²) in [5, 5.41) is 3.35. The van der Waals surface area contributed by atoms with Gasteiger partial charge in [-0.1, -0.05) is 13.8 Å². The molecule has 1 fully saturated rings. The summed E-state index contributed by atoms with van der Waals surface area (Å²) < 4.78 is 5.26. The van der Waals surface area contributed by atoms with Crippen molar-refractivity contribution in [3.63, 3.8) is 0 Å². The van der Waals surface area contributed by atoms with Gasteiger partial charge < -0.3 is 14.6 Å². The van der Waals surface area contributed by atoms with Gasteiger partial charge in [-0.3, -0.25) is 4.98 Å². The maximum absolute atomic E-state index is 11.4. The fourth-order valence-corrected chi connectivity index (χ4v) is 2.60. The Bertz CT molecular complexity index is 636. The molecule has 1 saturated heterocycles. The molecule has 5 nitrogen and oxygen atoms in total. The summed E-state index contributed by atoms with van der Waals surface area (Å²) in [5.74, 6) is -0.0568. The lowest BCUT2D eigenvalue weighted by atomic mass is 10.0. The lowest BCUT2D eigenvalue weighted by Crippen LogP contribution is -2.43. The fourth-order valence-electron chi connectivity index (χ4n) is 2.60. The van der Waals surface area contributed by atoms with Crippen molar-refractivity contribution >= 4 is 16.8 Å². The zero-order chi connectivity index (χ0) is 13.4. The van der Waals surface area contributed by atoms with E-state index in [9.17, 15) is 4.79 Å². The first-order valence-corrected chi connectivity index (χ1v) is 6.77. The third-order valence-corrected chi connectivity index (χ3v) is 3.64. The summed E-state index contributed by atoms with van der Waals surface area (Å²) in [5.41, 5.74) is 3.74. The van der Waals surface area contributed by atoms with Crippen LogP contribution in [0, 0.1) is 0 Å². The van der Waals surface area contributed by atoms with Crippen LogP contribution in [0.1, 0.15) is 25.3 Å². The van der Waals surface area contributed by atoms with Crippen molar-refractivity contribution in [1.29, 1.82) is 0 Å². The van der Waals surface area contributed by atoms with Gasteiger partial charge in [0.2, 0.25) is 0 Å². The van der Waals surface area contributed by atoms with Crippen LogP contribution in [0.5, 0.6) is 0 Å². The lowest BCUT2D eigenvalue weighted by Gasteiger charge is -2.30. The van der Waals surface area contributed by atoms with Crippen LogP contribution in [0.4, 0.5) is 5.69 Å². The highest BCUT2D eigenvalue weighted by Crippen LogP contribution is 2.29. The quantitative estimate of drug-likeness (QED) is 0.863. The number of hydrogen-bond acceptors (Lipinski definition) is 4. The second-order valence-corrected chi connectivity index (χ2v) is 5.32. The average Bonchev–Trinajstić information content (AvgIpc) is 2.78. The summed E-state index contributed by atoms with van der Waals surface area (Å²) in [7, 11) is 0. The van der Waals surface area contributed by atoms with E-state index in [0.29, 0.717) is 11.5 Å². The SMILES string of the molecule is CC(C)c1cc(N2CCNCC2)cc2[nH]c(=O)oc12. The van der Waals surface area contributed by atoms with Crippen molar-refractivity contribution in [3.8, 4) is 0 Å². The van der Waals surface area contributed by atoms with E-state index in [1.807, 2.05) is 6.07 Å². The standard InChI is InChI=1S/C14H19N3O2/c1-9(2)11-7-10(17-5-3-15-4-6-17)8-12-13(11)19-14(18)16-12/h7-9,15H,3-6H2,1-2H3,(H,16,18). The molecule has 0 amide bonds. The molecule has 0 spiro atoms. The van der Waals surface area contributed by atoms with Gasteiger partial charge in [0, 0.05) is 37.4 Å². The highest BCUT2D eigenvalue weighted by Gasteiger charge is 2.16. The molecule has 0 bridgehead atoms. The Balaban J connectivity index is 2.12. The zero-order valence-corrected chi connectivity index (χ0v) is 11.3. The van der Waals surface area contributed by atoms with E-state index in [0.717, 1.165) is 42.9 Å². The number of fused-ring (bicyclic) bond motifs is 1. The third-order valence-electron chi connectivity index (χ3n) is 3.64. The Kier molecular flexibility index (Phi) is 3.06. The number of hydrogen-bond donors (Lipinski definition) is 2. The Morgan fingerprint density at radius 1 is 1.26 bits per heavy atom. The summed E-state index contributed by atoms with van der Waals surface area (Å²) in [6.45, 7) is 8.21.